The molecule has 0 fully saturated rings. The normalized spacial score (nSPS) is 10.4. The van der Waals surface area contributed by atoms with Gasteiger partial charge in [0.1, 0.15) is 0 Å². The Morgan fingerprint density at radius 1 is 1.17 bits per heavy atom. The average Bonchev–Trinajstić information content (AvgIpc) is 2.66. The first-order valence-corrected chi connectivity index (χ1v) is 5.28. The van der Waals surface area contributed by atoms with Gasteiger partial charge in [-0.2, -0.15) is 0 Å². The van der Waals surface area contributed by atoms with Crippen molar-refractivity contribution < 1.29 is 14.7 Å². The molecule has 0 radical (unpaired) electrons. The molecule has 0 unspecified atom stereocenters. The Morgan fingerprint density at radius 2 is 1.89 bits per heavy atom. The number of imidazole rings is 1. The fourth-order valence-corrected chi connectivity index (χ4v) is 1.55. The first kappa shape index (κ1) is 11.9. The van der Waals surface area contributed by atoms with Gasteiger partial charge in [-0.25, -0.2) is 4.79 Å². The number of carbonyl (C=O) groups excluding carboxylic acids is 1. The van der Waals surface area contributed by atoms with E-state index in [1.165, 1.54) is 0 Å². The first-order chi connectivity index (χ1) is 8.54. The Kier molecular flexibility index (Phi) is 3.13. The third-order valence-electron chi connectivity index (χ3n) is 2.37. The minimum atomic E-state index is -1.02. The minimum Gasteiger partial charge on any atom is -0.481 e. The van der Waals surface area contributed by atoms with Crippen LogP contribution in [0.1, 0.15) is 12.8 Å². The number of H-pyrrole nitrogens is 2. The fraction of sp³-hybridized carbons (Fsp3) is 0.182. The quantitative estimate of drug-likeness (QED) is 0.637. The summed E-state index contributed by atoms with van der Waals surface area (Å²) in [6.45, 7) is 0. The molecule has 18 heavy (non-hydrogen) atoms. The molecule has 0 aliphatic rings. The molecule has 2 rings (SSSR count). The van der Waals surface area contributed by atoms with E-state index in [1.54, 1.807) is 18.2 Å². The van der Waals surface area contributed by atoms with Crippen molar-refractivity contribution in [2.75, 3.05) is 5.32 Å². The van der Waals surface area contributed by atoms with Crippen molar-refractivity contribution in [3.8, 4) is 0 Å². The Bertz CT molecular complexity index is 656. The molecule has 94 valence electrons. The van der Waals surface area contributed by atoms with Crippen LogP contribution in [-0.2, 0) is 9.59 Å². The smallest absolute Gasteiger partial charge is 0.323 e. The summed E-state index contributed by atoms with van der Waals surface area (Å²) in [4.78, 5) is 37.9. The van der Waals surface area contributed by atoms with Crippen LogP contribution >= 0.6 is 0 Å². The zero-order valence-corrected chi connectivity index (χ0v) is 9.32. The average molecular weight is 249 g/mol. The molecule has 0 saturated heterocycles. The molecule has 0 bridgehead atoms. The number of aliphatic carboxylic acids is 1. The number of anilines is 1. The molecule has 2 aromatic rings. The number of benzene rings is 1. The number of amides is 1. The number of aromatic nitrogens is 2. The summed E-state index contributed by atoms with van der Waals surface area (Å²) in [5.74, 6) is -1.40. The van der Waals surface area contributed by atoms with Gasteiger partial charge in [0.2, 0.25) is 5.91 Å². The summed E-state index contributed by atoms with van der Waals surface area (Å²) >= 11 is 0. The second-order valence-corrected chi connectivity index (χ2v) is 3.78. The Morgan fingerprint density at radius 3 is 2.61 bits per heavy atom. The lowest BCUT2D eigenvalue weighted by molar-refractivity contribution is -0.138. The summed E-state index contributed by atoms with van der Waals surface area (Å²) in [6, 6.07) is 4.89. The van der Waals surface area contributed by atoms with Gasteiger partial charge in [-0.1, -0.05) is 0 Å². The van der Waals surface area contributed by atoms with Crippen molar-refractivity contribution in [2.24, 2.45) is 0 Å². The van der Waals surface area contributed by atoms with Crippen molar-refractivity contribution >= 4 is 28.6 Å². The highest BCUT2D eigenvalue weighted by Crippen LogP contribution is 2.14. The summed E-state index contributed by atoms with van der Waals surface area (Å²) in [5, 5.41) is 11.0. The summed E-state index contributed by atoms with van der Waals surface area (Å²) in [7, 11) is 0. The summed E-state index contributed by atoms with van der Waals surface area (Å²) in [5.41, 5.74) is 1.41. The van der Waals surface area contributed by atoms with E-state index in [0.29, 0.717) is 16.7 Å². The van der Waals surface area contributed by atoms with Crippen LogP contribution in [0.5, 0.6) is 0 Å². The monoisotopic (exact) mass is 249 g/mol. The van der Waals surface area contributed by atoms with E-state index in [2.05, 4.69) is 15.3 Å². The van der Waals surface area contributed by atoms with Gasteiger partial charge in [-0.05, 0) is 18.2 Å². The fourth-order valence-electron chi connectivity index (χ4n) is 1.55. The highest BCUT2D eigenvalue weighted by molar-refractivity contribution is 5.94. The maximum absolute atomic E-state index is 11.4. The van der Waals surface area contributed by atoms with Crippen LogP contribution in [0.3, 0.4) is 0 Å². The van der Waals surface area contributed by atoms with E-state index in [1.807, 2.05) is 0 Å². The topological polar surface area (TPSA) is 115 Å². The van der Waals surface area contributed by atoms with E-state index in [0.717, 1.165) is 0 Å². The molecule has 0 spiro atoms. The number of aromatic amines is 2. The maximum Gasteiger partial charge on any atom is 0.323 e. The number of carboxylic acids is 1. The van der Waals surface area contributed by atoms with Crippen LogP contribution in [0.2, 0.25) is 0 Å². The number of rotatable bonds is 4. The lowest BCUT2D eigenvalue weighted by atomic mass is 10.2. The SMILES string of the molecule is O=C(O)CCC(=O)Nc1ccc2[nH]c(=O)[nH]c2c1. The molecule has 7 heteroatoms. The van der Waals surface area contributed by atoms with Gasteiger partial charge >= 0.3 is 11.7 Å². The third-order valence-corrected chi connectivity index (χ3v) is 2.37. The van der Waals surface area contributed by atoms with Crippen molar-refractivity contribution in [3.63, 3.8) is 0 Å². The van der Waals surface area contributed by atoms with Gasteiger partial charge in [0, 0.05) is 12.1 Å². The van der Waals surface area contributed by atoms with E-state index in [4.69, 9.17) is 5.11 Å². The molecule has 1 heterocycles. The van der Waals surface area contributed by atoms with Gasteiger partial charge in [0.15, 0.2) is 0 Å². The molecule has 1 amide bonds. The summed E-state index contributed by atoms with van der Waals surface area (Å²) < 4.78 is 0. The van der Waals surface area contributed by atoms with Crippen molar-refractivity contribution in [3.05, 3.63) is 28.7 Å². The highest BCUT2D eigenvalue weighted by Gasteiger charge is 2.06. The second-order valence-electron chi connectivity index (χ2n) is 3.78. The molecule has 0 saturated carbocycles. The molecule has 4 N–H and O–H groups in total. The van der Waals surface area contributed by atoms with Crippen molar-refractivity contribution in [1.29, 1.82) is 0 Å². The van der Waals surface area contributed by atoms with Crippen LogP contribution < -0.4 is 11.0 Å². The molecule has 0 aliphatic heterocycles. The molecular formula is C11H11N3O4. The molecular weight excluding hydrogens is 238 g/mol. The van der Waals surface area contributed by atoms with Gasteiger partial charge in [-0.3, -0.25) is 9.59 Å². The van der Waals surface area contributed by atoms with E-state index >= 15 is 0 Å². The van der Waals surface area contributed by atoms with Gasteiger partial charge in [0.25, 0.3) is 0 Å². The highest BCUT2D eigenvalue weighted by atomic mass is 16.4. The number of fused-ring (bicyclic) bond motifs is 1. The summed E-state index contributed by atoms with van der Waals surface area (Å²) in [6.07, 6.45) is -0.300. The molecule has 0 aliphatic carbocycles. The number of hydrogen-bond donors (Lipinski definition) is 4. The Balaban J connectivity index is 2.09. The van der Waals surface area contributed by atoms with E-state index in [9.17, 15) is 14.4 Å². The largest absolute Gasteiger partial charge is 0.481 e. The third kappa shape index (κ3) is 2.76. The predicted octanol–water partition coefficient (Wildman–Crippen LogP) is 0.660. The van der Waals surface area contributed by atoms with Crippen LogP contribution in [0, 0.1) is 0 Å². The van der Waals surface area contributed by atoms with Crippen LogP contribution in [0.4, 0.5) is 5.69 Å². The van der Waals surface area contributed by atoms with Crippen molar-refractivity contribution in [1.82, 2.24) is 9.97 Å². The lowest BCUT2D eigenvalue weighted by Gasteiger charge is -2.03. The standard InChI is InChI=1S/C11H11N3O4/c15-9(3-4-10(16)17)12-6-1-2-7-8(5-6)14-11(18)13-7/h1-2,5H,3-4H2,(H,12,15)(H,16,17)(H2,13,14,18). The van der Waals surface area contributed by atoms with Crippen LogP contribution in [0.15, 0.2) is 23.0 Å². The number of carbonyl (C=O) groups is 2. The van der Waals surface area contributed by atoms with Crippen LogP contribution in [-0.4, -0.2) is 27.0 Å². The Hall–Kier alpha value is -2.57. The lowest BCUT2D eigenvalue weighted by Crippen LogP contribution is -2.13. The van der Waals surface area contributed by atoms with E-state index in [-0.39, 0.29) is 24.4 Å². The Labute approximate surface area is 101 Å². The molecule has 1 aromatic carbocycles. The molecule has 7 nitrogen and oxygen atoms in total. The van der Waals surface area contributed by atoms with Crippen LogP contribution in [0.25, 0.3) is 11.0 Å². The number of hydrogen-bond acceptors (Lipinski definition) is 3. The predicted molar refractivity (Wildman–Crippen MR) is 64.4 cm³/mol. The van der Waals surface area contributed by atoms with Crippen molar-refractivity contribution in [2.45, 2.75) is 12.8 Å². The molecule has 1 aromatic heterocycles. The second kappa shape index (κ2) is 4.74. The maximum atomic E-state index is 11.4. The van der Waals surface area contributed by atoms with Gasteiger partial charge in [-0.15, -0.1) is 0 Å². The zero-order valence-electron chi connectivity index (χ0n) is 9.32. The number of nitrogens with one attached hydrogen (secondary N) is 3. The molecule has 0 atom stereocenters. The first-order valence-electron chi connectivity index (χ1n) is 5.28. The zero-order chi connectivity index (χ0) is 13.1. The van der Waals surface area contributed by atoms with Gasteiger partial charge in [0.05, 0.1) is 17.5 Å². The van der Waals surface area contributed by atoms with Gasteiger partial charge < -0.3 is 20.4 Å². The number of carboxylic acid groups (broad SMARTS) is 1. The minimum absolute atomic E-state index is 0.0863. The van der Waals surface area contributed by atoms with E-state index < -0.39 is 5.97 Å².